The summed E-state index contributed by atoms with van der Waals surface area (Å²) < 4.78 is 2.17. The second-order valence-corrected chi connectivity index (χ2v) is 12.6. The molecule has 7 heteroatoms. The number of rotatable bonds is 3. The van der Waals surface area contributed by atoms with E-state index in [9.17, 15) is 14.7 Å². The van der Waals surface area contributed by atoms with E-state index in [2.05, 4.69) is 59.5 Å². The lowest BCUT2D eigenvalue weighted by molar-refractivity contribution is -0.148. The van der Waals surface area contributed by atoms with Crippen molar-refractivity contribution in [3.8, 4) is 0 Å². The summed E-state index contributed by atoms with van der Waals surface area (Å²) in [7, 11) is 2.09. The van der Waals surface area contributed by atoms with Gasteiger partial charge < -0.3 is 24.8 Å². The summed E-state index contributed by atoms with van der Waals surface area (Å²) in [4.78, 5) is 30.1. The van der Waals surface area contributed by atoms with E-state index in [1.165, 1.54) is 42.1 Å². The number of nitrogens with zero attached hydrogens (tertiary/aromatic N) is 3. The first kappa shape index (κ1) is 26.6. The molecule has 39 heavy (non-hydrogen) atoms. The van der Waals surface area contributed by atoms with Crippen LogP contribution in [0.5, 0.6) is 0 Å². The number of piperazine rings is 1. The van der Waals surface area contributed by atoms with Crippen molar-refractivity contribution in [3.63, 3.8) is 0 Å². The van der Waals surface area contributed by atoms with Crippen LogP contribution in [-0.4, -0.2) is 75.7 Å². The van der Waals surface area contributed by atoms with E-state index in [1.54, 1.807) is 4.90 Å². The predicted molar refractivity (Wildman–Crippen MR) is 153 cm³/mol. The van der Waals surface area contributed by atoms with Crippen molar-refractivity contribution in [3.05, 3.63) is 48.2 Å². The van der Waals surface area contributed by atoms with E-state index in [4.69, 9.17) is 0 Å². The molecular formula is C32H44N4O3. The Hall–Kier alpha value is -2.64. The molecule has 1 spiro atoms. The van der Waals surface area contributed by atoms with E-state index < -0.39 is 5.60 Å². The average molecular weight is 533 g/mol. The van der Waals surface area contributed by atoms with Gasteiger partial charge in [-0.25, -0.2) is 0 Å². The van der Waals surface area contributed by atoms with Crippen LogP contribution in [0.4, 0.5) is 0 Å². The minimum absolute atomic E-state index is 0.0366. The first-order valence-electron chi connectivity index (χ1n) is 15.1. The Morgan fingerprint density at radius 1 is 0.949 bits per heavy atom. The second-order valence-electron chi connectivity index (χ2n) is 12.6. The third-order valence-electron chi connectivity index (χ3n) is 10.0. The molecule has 1 aromatic carbocycles. The number of aryl methyl sites for hydroxylation is 1. The molecule has 2 aliphatic carbocycles. The Bertz CT molecular complexity index is 1240. The predicted octanol–water partition coefficient (Wildman–Crippen LogP) is 4.11. The number of benzene rings is 1. The first-order chi connectivity index (χ1) is 18.9. The molecule has 3 atom stereocenters. The molecular weight excluding hydrogens is 488 g/mol. The molecule has 2 aromatic rings. The normalized spacial score (nSPS) is 30.3. The zero-order valence-corrected chi connectivity index (χ0v) is 23.4. The fourth-order valence-corrected chi connectivity index (χ4v) is 7.37. The number of nitrogens with one attached hydrogen (secondary N) is 1. The Balaban J connectivity index is 1.22. The number of hydrogen-bond donors (Lipinski definition) is 2. The topological polar surface area (TPSA) is 77.8 Å². The van der Waals surface area contributed by atoms with Gasteiger partial charge >= 0.3 is 0 Å². The second kappa shape index (κ2) is 10.7. The molecule has 2 aliphatic heterocycles. The highest BCUT2D eigenvalue weighted by atomic mass is 16.3. The summed E-state index contributed by atoms with van der Waals surface area (Å²) in [5, 5.41) is 15.2. The molecule has 0 radical (unpaired) electrons. The van der Waals surface area contributed by atoms with Crippen molar-refractivity contribution in [2.75, 3.05) is 32.7 Å². The number of amides is 2. The van der Waals surface area contributed by atoms with Crippen molar-refractivity contribution >= 4 is 22.7 Å². The van der Waals surface area contributed by atoms with Gasteiger partial charge in [-0.2, -0.15) is 0 Å². The van der Waals surface area contributed by atoms with Crippen LogP contribution in [0.3, 0.4) is 0 Å². The highest BCUT2D eigenvalue weighted by Crippen LogP contribution is 2.50. The molecule has 3 fully saturated rings. The largest absolute Gasteiger partial charge is 0.380 e. The fraction of sp³-hybridized carbons (Fsp3) is 0.625. The van der Waals surface area contributed by atoms with Crippen LogP contribution in [0.1, 0.15) is 75.7 Å². The number of aromatic nitrogens is 1. The summed E-state index contributed by atoms with van der Waals surface area (Å²) in [6.45, 7) is 2.90. The first-order valence-corrected chi connectivity index (χ1v) is 15.1. The van der Waals surface area contributed by atoms with E-state index >= 15 is 0 Å². The minimum Gasteiger partial charge on any atom is -0.380 e. The molecule has 1 aromatic heterocycles. The van der Waals surface area contributed by atoms with Crippen molar-refractivity contribution in [2.45, 2.75) is 81.8 Å². The van der Waals surface area contributed by atoms with Crippen LogP contribution in [0.15, 0.2) is 42.6 Å². The quantitative estimate of drug-likeness (QED) is 0.584. The van der Waals surface area contributed by atoms with Crippen LogP contribution in [-0.2, 0) is 16.6 Å². The van der Waals surface area contributed by atoms with E-state index in [-0.39, 0.29) is 23.3 Å². The number of carbonyl (C=O) groups is 2. The van der Waals surface area contributed by atoms with Crippen LogP contribution in [0, 0.1) is 5.41 Å². The van der Waals surface area contributed by atoms with Gasteiger partial charge in [-0.15, -0.1) is 0 Å². The molecule has 2 saturated heterocycles. The van der Waals surface area contributed by atoms with Gasteiger partial charge in [-0.05, 0) is 79.5 Å². The molecule has 2 N–H and O–H groups in total. The number of aliphatic hydroxyl groups is 1. The average Bonchev–Trinajstić information content (AvgIpc) is 3.62. The highest BCUT2D eigenvalue weighted by Gasteiger charge is 2.51. The summed E-state index contributed by atoms with van der Waals surface area (Å²) in [5.74, 6) is 0.365. The Morgan fingerprint density at radius 2 is 1.72 bits per heavy atom. The zero-order chi connectivity index (χ0) is 27.0. The molecule has 4 aliphatic rings. The monoisotopic (exact) mass is 532 g/mol. The summed E-state index contributed by atoms with van der Waals surface area (Å²) >= 11 is 0. The maximum atomic E-state index is 13.9. The van der Waals surface area contributed by atoms with Crippen molar-refractivity contribution in [2.24, 2.45) is 12.5 Å². The summed E-state index contributed by atoms with van der Waals surface area (Å²) in [6.07, 6.45) is 17.2. The lowest BCUT2D eigenvalue weighted by atomic mass is 9.61. The van der Waals surface area contributed by atoms with Gasteiger partial charge in [0.2, 0.25) is 5.91 Å². The standard InChI is InChI=1S/C32H44N4O3/c1-34-16-11-25-21-24(9-10-28(25)34)26-23-33-27(22-31(26)12-7-5-3-2-4-6-8-13-31)29(37)35-17-19-36(20-18-35)30(38)32(39)14-15-32/h5,7,9-11,16,21,26-27,33,39H,2-4,6,8,12-15,17-20,22-23H2,1H3/b7-5-. The van der Waals surface area contributed by atoms with Gasteiger partial charge in [0.25, 0.3) is 5.91 Å². The SMILES string of the molecule is Cn1ccc2cc(C3CNC(C(=O)N4CCN(C(=O)C5(O)CC5)CC4)CC34C/C=C\CCCCCC4)ccc21. The summed E-state index contributed by atoms with van der Waals surface area (Å²) in [5.41, 5.74) is 1.53. The Labute approximate surface area is 232 Å². The van der Waals surface area contributed by atoms with Gasteiger partial charge in [0, 0.05) is 57.4 Å². The molecule has 3 heterocycles. The Morgan fingerprint density at radius 3 is 2.51 bits per heavy atom. The molecule has 210 valence electrons. The van der Waals surface area contributed by atoms with Gasteiger partial charge in [-0.1, -0.05) is 37.5 Å². The van der Waals surface area contributed by atoms with Crippen LogP contribution >= 0.6 is 0 Å². The molecule has 1 saturated carbocycles. The van der Waals surface area contributed by atoms with Crippen molar-refractivity contribution in [1.29, 1.82) is 0 Å². The smallest absolute Gasteiger partial charge is 0.254 e. The maximum absolute atomic E-state index is 13.9. The van der Waals surface area contributed by atoms with Crippen LogP contribution in [0.2, 0.25) is 0 Å². The van der Waals surface area contributed by atoms with E-state index in [0.717, 1.165) is 32.2 Å². The lowest BCUT2D eigenvalue weighted by Gasteiger charge is -2.49. The molecule has 6 rings (SSSR count). The number of fused-ring (bicyclic) bond motifs is 1. The summed E-state index contributed by atoms with van der Waals surface area (Å²) in [6, 6.07) is 8.94. The zero-order valence-electron chi connectivity index (χ0n) is 23.4. The third kappa shape index (κ3) is 5.28. The van der Waals surface area contributed by atoms with Crippen LogP contribution < -0.4 is 5.32 Å². The van der Waals surface area contributed by atoms with Gasteiger partial charge in [0.15, 0.2) is 0 Å². The lowest BCUT2D eigenvalue weighted by Crippen LogP contribution is -2.60. The van der Waals surface area contributed by atoms with Crippen molar-refractivity contribution in [1.82, 2.24) is 19.7 Å². The van der Waals surface area contributed by atoms with Gasteiger partial charge in [0.05, 0.1) is 6.04 Å². The van der Waals surface area contributed by atoms with Crippen LogP contribution in [0.25, 0.3) is 10.9 Å². The number of piperidine rings is 1. The van der Waals surface area contributed by atoms with E-state index in [1.807, 2.05) is 4.90 Å². The third-order valence-corrected chi connectivity index (χ3v) is 10.0. The molecule has 7 nitrogen and oxygen atoms in total. The van der Waals surface area contributed by atoms with E-state index in [0.29, 0.717) is 44.9 Å². The fourth-order valence-electron chi connectivity index (χ4n) is 7.37. The number of allylic oxidation sites excluding steroid dienone is 2. The van der Waals surface area contributed by atoms with Gasteiger partial charge in [-0.3, -0.25) is 9.59 Å². The van der Waals surface area contributed by atoms with Gasteiger partial charge in [0.1, 0.15) is 5.60 Å². The number of hydrogen-bond acceptors (Lipinski definition) is 4. The Kier molecular flexibility index (Phi) is 7.32. The minimum atomic E-state index is -1.13. The number of carbonyl (C=O) groups excluding carboxylic acids is 2. The van der Waals surface area contributed by atoms with Crippen molar-refractivity contribution < 1.29 is 14.7 Å². The molecule has 2 amide bonds. The maximum Gasteiger partial charge on any atom is 0.254 e. The highest BCUT2D eigenvalue weighted by molar-refractivity contribution is 5.88. The molecule has 0 bridgehead atoms. The molecule has 3 unspecified atom stereocenters.